The molecule has 2 rings (SSSR count). The minimum absolute atomic E-state index is 0.0103. The molecule has 0 saturated carbocycles. The van der Waals surface area contributed by atoms with Gasteiger partial charge in [-0.2, -0.15) is 0 Å². The van der Waals surface area contributed by atoms with Gasteiger partial charge in [0.25, 0.3) is 5.56 Å². The normalized spacial score (nSPS) is 10.2. The number of amides is 1. The van der Waals surface area contributed by atoms with Crippen LogP contribution in [-0.4, -0.2) is 37.6 Å². The molecule has 10 nitrogen and oxygen atoms in total. The zero-order chi connectivity index (χ0) is 18.6. The molecule has 10 heteroatoms. The number of aryl methyl sites for hydroxylation is 1. The van der Waals surface area contributed by atoms with Crippen LogP contribution in [0.5, 0.6) is 0 Å². The molecule has 0 spiro atoms. The molecular weight excluding hydrogens is 334 g/mol. The molecule has 1 amide bonds. The minimum atomic E-state index is -1.33. The van der Waals surface area contributed by atoms with Crippen molar-refractivity contribution in [1.29, 1.82) is 0 Å². The highest BCUT2D eigenvalue weighted by atomic mass is 16.4. The number of nitrogens with zero attached hydrogens (tertiary/aromatic N) is 1. The Labute approximate surface area is 139 Å². The first-order valence-corrected chi connectivity index (χ1v) is 6.97. The predicted octanol–water partition coefficient (Wildman–Crippen LogP) is -0.0382. The molecule has 1 aromatic heterocycles. The highest BCUT2D eigenvalue weighted by Gasteiger charge is 2.13. The molecule has 4 N–H and O–H groups in total. The number of aromatic nitrogens is 2. The SMILES string of the molecule is O=C(CCn1ccc(=O)[nH]c1=O)Nc1cc(C(=O)O)cc(C(=O)O)c1. The summed E-state index contributed by atoms with van der Waals surface area (Å²) in [5, 5.41) is 20.3. The van der Waals surface area contributed by atoms with Gasteiger partial charge < -0.3 is 20.1 Å². The second-order valence-corrected chi connectivity index (χ2v) is 5.01. The lowest BCUT2D eigenvalue weighted by atomic mass is 10.1. The van der Waals surface area contributed by atoms with Crippen LogP contribution in [0.1, 0.15) is 27.1 Å². The van der Waals surface area contributed by atoms with E-state index in [-0.39, 0.29) is 29.8 Å². The average molecular weight is 347 g/mol. The number of aromatic carboxylic acids is 2. The monoisotopic (exact) mass is 347 g/mol. The first-order valence-electron chi connectivity index (χ1n) is 6.97. The quantitative estimate of drug-likeness (QED) is 0.570. The first kappa shape index (κ1) is 17.7. The topological polar surface area (TPSA) is 159 Å². The molecule has 0 aliphatic heterocycles. The van der Waals surface area contributed by atoms with Crippen LogP contribution in [0, 0.1) is 0 Å². The van der Waals surface area contributed by atoms with Crippen molar-refractivity contribution in [1.82, 2.24) is 9.55 Å². The first-order chi connectivity index (χ1) is 11.8. The van der Waals surface area contributed by atoms with Gasteiger partial charge in [-0.1, -0.05) is 0 Å². The molecule has 0 atom stereocenters. The fourth-order valence-corrected chi connectivity index (χ4v) is 2.01. The van der Waals surface area contributed by atoms with E-state index in [9.17, 15) is 24.0 Å². The van der Waals surface area contributed by atoms with Gasteiger partial charge in [-0.3, -0.25) is 14.6 Å². The molecular formula is C15H13N3O7. The van der Waals surface area contributed by atoms with Crippen LogP contribution >= 0.6 is 0 Å². The van der Waals surface area contributed by atoms with Gasteiger partial charge in [-0.15, -0.1) is 0 Å². The Hall–Kier alpha value is -3.69. The number of carbonyl (C=O) groups is 3. The standard InChI is InChI=1S/C15H13N3O7/c19-11(1-3-18-4-2-12(20)17-15(18)25)16-10-6-8(13(21)22)5-9(7-10)14(23)24/h2,4-7H,1,3H2,(H,16,19)(H,21,22)(H,23,24)(H,17,20,25). The van der Waals surface area contributed by atoms with Crippen molar-refractivity contribution in [3.63, 3.8) is 0 Å². The maximum Gasteiger partial charge on any atom is 0.335 e. The third kappa shape index (κ3) is 4.64. The fraction of sp³-hybridized carbons (Fsp3) is 0.133. The van der Waals surface area contributed by atoms with Crippen molar-refractivity contribution in [3.05, 3.63) is 62.4 Å². The smallest absolute Gasteiger partial charge is 0.335 e. The molecule has 0 aliphatic carbocycles. The number of anilines is 1. The van der Waals surface area contributed by atoms with Gasteiger partial charge >= 0.3 is 17.6 Å². The van der Waals surface area contributed by atoms with Crippen molar-refractivity contribution in [2.24, 2.45) is 0 Å². The van der Waals surface area contributed by atoms with E-state index in [1.165, 1.54) is 6.20 Å². The molecule has 1 heterocycles. The summed E-state index contributed by atoms with van der Waals surface area (Å²) in [6, 6.07) is 4.35. The van der Waals surface area contributed by atoms with Gasteiger partial charge in [-0.25, -0.2) is 14.4 Å². The van der Waals surface area contributed by atoms with Crippen LogP contribution in [0.2, 0.25) is 0 Å². The number of H-pyrrole nitrogens is 1. The Morgan fingerprint density at radius 2 is 1.64 bits per heavy atom. The molecule has 130 valence electrons. The lowest BCUT2D eigenvalue weighted by molar-refractivity contribution is -0.116. The largest absolute Gasteiger partial charge is 0.478 e. The van der Waals surface area contributed by atoms with E-state index < -0.39 is 29.1 Å². The van der Waals surface area contributed by atoms with E-state index in [0.29, 0.717) is 0 Å². The zero-order valence-corrected chi connectivity index (χ0v) is 12.7. The number of nitrogens with one attached hydrogen (secondary N) is 2. The molecule has 0 fully saturated rings. The maximum absolute atomic E-state index is 11.9. The summed E-state index contributed by atoms with van der Waals surface area (Å²) in [5.74, 6) is -3.23. The number of benzene rings is 1. The predicted molar refractivity (Wildman–Crippen MR) is 84.9 cm³/mol. The number of carboxylic acids is 2. The summed E-state index contributed by atoms with van der Waals surface area (Å²) in [5.41, 5.74) is -1.78. The van der Waals surface area contributed by atoms with E-state index in [2.05, 4.69) is 5.32 Å². The molecule has 0 radical (unpaired) electrons. The Bertz CT molecular complexity index is 926. The van der Waals surface area contributed by atoms with Crippen LogP contribution in [0.3, 0.4) is 0 Å². The Kier molecular flexibility index (Phi) is 5.12. The third-order valence-electron chi connectivity index (χ3n) is 3.19. The molecule has 0 saturated heterocycles. The molecule has 2 aromatic rings. The maximum atomic E-state index is 11.9. The number of hydrogen-bond donors (Lipinski definition) is 4. The van der Waals surface area contributed by atoms with Crippen LogP contribution in [0.15, 0.2) is 40.1 Å². The molecule has 1 aromatic carbocycles. The van der Waals surface area contributed by atoms with Crippen molar-refractivity contribution in [2.45, 2.75) is 13.0 Å². The van der Waals surface area contributed by atoms with Crippen LogP contribution < -0.4 is 16.6 Å². The lowest BCUT2D eigenvalue weighted by Crippen LogP contribution is -2.29. The van der Waals surface area contributed by atoms with Crippen molar-refractivity contribution < 1.29 is 24.6 Å². The van der Waals surface area contributed by atoms with Crippen LogP contribution in [-0.2, 0) is 11.3 Å². The average Bonchev–Trinajstić information content (AvgIpc) is 2.53. The number of aromatic amines is 1. The van der Waals surface area contributed by atoms with Gasteiger partial charge in [0.2, 0.25) is 5.91 Å². The number of carboxylic acid groups (broad SMARTS) is 2. The van der Waals surface area contributed by atoms with Crippen molar-refractivity contribution in [2.75, 3.05) is 5.32 Å². The summed E-state index contributed by atoms with van der Waals surface area (Å²) in [4.78, 5) is 58.5. The van der Waals surface area contributed by atoms with Crippen LogP contribution in [0.4, 0.5) is 5.69 Å². The Morgan fingerprint density at radius 1 is 1.04 bits per heavy atom. The Balaban J connectivity index is 2.12. The van der Waals surface area contributed by atoms with E-state index in [4.69, 9.17) is 10.2 Å². The van der Waals surface area contributed by atoms with E-state index >= 15 is 0 Å². The van der Waals surface area contributed by atoms with E-state index in [1.807, 2.05) is 4.98 Å². The molecule has 25 heavy (non-hydrogen) atoms. The second-order valence-electron chi connectivity index (χ2n) is 5.01. The van der Waals surface area contributed by atoms with Gasteiger partial charge in [-0.05, 0) is 18.2 Å². The van der Waals surface area contributed by atoms with Crippen LogP contribution in [0.25, 0.3) is 0 Å². The van der Waals surface area contributed by atoms with Gasteiger partial charge in [0.1, 0.15) is 0 Å². The summed E-state index contributed by atoms with van der Waals surface area (Å²) in [6.45, 7) is -0.0220. The second kappa shape index (κ2) is 7.25. The number of rotatable bonds is 6. The van der Waals surface area contributed by atoms with Gasteiger partial charge in [0.15, 0.2) is 0 Å². The van der Waals surface area contributed by atoms with Gasteiger partial charge in [0.05, 0.1) is 11.1 Å². The fourth-order valence-electron chi connectivity index (χ4n) is 2.01. The number of hydrogen-bond acceptors (Lipinski definition) is 5. The molecule has 0 bridgehead atoms. The highest BCUT2D eigenvalue weighted by Crippen LogP contribution is 2.16. The van der Waals surface area contributed by atoms with Crippen molar-refractivity contribution in [3.8, 4) is 0 Å². The summed E-state index contributed by atoms with van der Waals surface area (Å²) < 4.78 is 1.12. The summed E-state index contributed by atoms with van der Waals surface area (Å²) in [6.07, 6.45) is 1.09. The Morgan fingerprint density at radius 3 is 2.16 bits per heavy atom. The third-order valence-corrected chi connectivity index (χ3v) is 3.19. The minimum Gasteiger partial charge on any atom is -0.478 e. The van der Waals surface area contributed by atoms with Crippen molar-refractivity contribution >= 4 is 23.5 Å². The summed E-state index contributed by atoms with van der Waals surface area (Å²) in [7, 11) is 0. The summed E-state index contributed by atoms with van der Waals surface area (Å²) >= 11 is 0. The van der Waals surface area contributed by atoms with E-state index in [0.717, 1.165) is 28.8 Å². The number of carbonyl (C=O) groups excluding carboxylic acids is 1. The van der Waals surface area contributed by atoms with Gasteiger partial charge in [0, 0.05) is 30.9 Å². The lowest BCUT2D eigenvalue weighted by Gasteiger charge is -2.08. The van der Waals surface area contributed by atoms with E-state index in [1.54, 1.807) is 0 Å². The highest BCUT2D eigenvalue weighted by molar-refractivity contribution is 5.98. The zero-order valence-electron chi connectivity index (χ0n) is 12.7. The molecule has 0 unspecified atom stereocenters. The molecule has 0 aliphatic rings.